The van der Waals surface area contributed by atoms with Crippen molar-refractivity contribution in [3.8, 4) is 33.6 Å². The van der Waals surface area contributed by atoms with Crippen LogP contribution in [0, 0.1) is 46.8 Å². The van der Waals surface area contributed by atoms with Crippen molar-refractivity contribution in [1.82, 2.24) is 15.0 Å². The summed E-state index contributed by atoms with van der Waals surface area (Å²) in [5.74, 6) is 0. The van der Waals surface area contributed by atoms with Gasteiger partial charge in [0, 0.05) is 56.2 Å². The number of hydrogen-bond acceptors (Lipinski definition) is 4. The number of aromatic nitrogens is 3. The standard InChI is InChI=1S/C29H21N2O.C15H16N.Ir/c1-3-19-4-5-21-14-22(7-6-20(21)13-19)23-8-10-30-27(16-23)25-15-24-9-11-32-29(24)28-26(25)12-18(2)17-31-28;1-10-5-6-14(7-11(10)2)15-8-12(3)13(4)9-16-15;/h4-14,16-17H,3H2,1-2H3;5,7-9H,1-4H3;/q2*-1;. The van der Waals surface area contributed by atoms with Crippen molar-refractivity contribution in [2.75, 3.05) is 0 Å². The van der Waals surface area contributed by atoms with Crippen LogP contribution in [-0.4, -0.2) is 15.0 Å². The summed E-state index contributed by atoms with van der Waals surface area (Å²) in [5.41, 5.74) is 15.3. The van der Waals surface area contributed by atoms with E-state index in [4.69, 9.17) is 9.40 Å². The van der Waals surface area contributed by atoms with Crippen LogP contribution < -0.4 is 0 Å². The van der Waals surface area contributed by atoms with Gasteiger partial charge in [0.25, 0.3) is 0 Å². The summed E-state index contributed by atoms with van der Waals surface area (Å²) in [6.07, 6.45) is 8.40. The molecular weight excluding hydrogens is 779 g/mol. The summed E-state index contributed by atoms with van der Waals surface area (Å²) < 4.78 is 5.70. The first-order valence-electron chi connectivity index (χ1n) is 16.4. The molecule has 0 aliphatic carbocycles. The van der Waals surface area contributed by atoms with Crippen molar-refractivity contribution in [3.05, 3.63) is 149 Å². The maximum absolute atomic E-state index is 5.70. The molecular formula is C44H37IrN3O-2. The van der Waals surface area contributed by atoms with Gasteiger partial charge in [-0.2, -0.15) is 0 Å². The molecule has 0 bridgehead atoms. The predicted octanol–water partition coefficient (Wildman–Crippen LogP) is 11.3. The second-order valence-electron chi connectivity index (χ2n) is 12.6. The third-order valence-electron chi connectivity index (χ3n) is 9.17. The van der Waals surface area contributed by atoms with Crippen molar-refractivity contribution in [1.29, 1.82) is 0 Å². The van der Waals surface area contributed by atoms with E-state index in [1.807, 2.05) is 37.6 Å². The maximum Gasteiger partial charge on any atom is 0.0847 e. The Kier molecular flexibility index (Phi) is 9.87. The van der Waals surface area contributed by atoms with Crippen LogP contribution in [0.25, 0.3) is 66.3 Å². The van der Waals surface area contributed by atoms with E-state index in [0.717, 1.165) is 61.9 Å². The van der Waals surface area contributed by atoms with Gasteiger partial charge in [-0.3, -0.25) is 9.97 Å². The fourth-order valence-corrected chi connectivity index (χ4v) is 5.97. The summed E-state index contributed by atoms with van der Waals surface area (Å²) >= 11 is 0. The van der Waals surface area contributed by atoms with Gasteiger partial charge < -0.3 is 9.40 Å². The number of fused-ring (bicyclic) bond motifs is 4. The van der Waals surface area contributed by atoms with Gasteiger partial charge in [-0.15, -0.1) is 41.0 Å². The van der Waals surface area contributed by atoms with Crippen LogP contribution in [-0.2, 0) is 26.5 Å². The smallest absolute Gasteiger partial charge is 0.0847 e. The average Bonchev–Trinajstić information content (AvgIpc) is 3.59. The maximum atomic E-state index is 5.70. The molecule has 0 N–H and O–H groups in total. The van der Waals surface area contributed by atoms with E-state index in [9.17, 15) is 0 Å². The Hall–Kier alpha value is -4.96. The Morgan fingerprint density at radius 3 is 2.24 bits per heavy atom. The largest absolute Gasteiger partial charge is 0.506 e. The second kappa shape index (κ2) is 14.3. The van der Waals surface area contributed by atoms with Crippen molar-refractivity contribution >= 4 is 32.6 Å². The fourth-order valence-electron chi connectivity index (χ4n) is 5.97. The predicted molar refractivity (Wildman–Crippen MR) is 198 cm³/mol. The van der Waals surface area contributed by atoms with Gasteiger partial charge >= 0.3 is 0 Å². The zero-order valence-corrected chi connectivity index (χ0v) is 31.0. The zero-order valence-electron chi connectivity index (χ0n) is 28.6. The molecule has 8 rings (SSSR count). The number of aryl methyl sites for hydroxylation is 6. The van der Waals surface area contributed by atoms with Crippen molar-refractivity contribution < 1.29 is 24.5 Å². The van der Waals surface area contributed by atoms with Crippen LogP contribution in [0.15, 0.2) is 108 Å². The summed E-state index contributed by atoms with van der Waals surface area (Å²) in [7, 11) is 0. The Labute approximate surface area is 301 Å². The van der Waals surface area contributed by atoms with Crippen molar-refractivity contribution in [2.45, 2.75) is 48.0 Å². The monoisotopic (exact) mass is 816 g/mol. The molecule has 1 radical (unpaired) electrons. The van der Waals surface area contributed by atoms with Gasteiger partial charge in [0.15, 0.2) is 0 Å². The van der Waals surface area contributed by atoms with Crippen LogP contribution in [0.4, 0.5) is 0 Å². The first kappa shape index (κ1) is 33.9. The van der Waals surface area contributed by atoms with Gasteiger partial charge in [0.05, 0.1) is 5.58 Å². The molecule has 0 saturated heterocycles. The molecule has 0 atom stereocenters. The van der Waals surface area contributed by atoms with Gasteiger partial charge in [0.1, 0.15) is 0 Å². The van der Waals surface area contributed by atoms with Gasteiger partial charge in [-0.1, -0.05) is 97.3 Å². The first-order chi connectivity index (χ1) is 23.3. The molecule has 0 spiro atoms. The number of nitrogens with zero attached hydrogens (tertiary/aromatic N) is 3. The van der Waals surface area contributed by atoms with Crippen LogP contribution in [0.1, 0.15) is 40.3 Å². The van der Waals surface area contributed by atoms with E-state index in [0.29, 0.717) is 0 Å². The normalized spacial score (nSPS) is 11.0. The SMILES string of the molecule is CCc1ccc2cc(-c3ccnc(-c4[c-]c5ccoc5c5ncc(C)cc45)c3)ccc2c1.Cc1c[c-]c(-c2cc(C)c(C)cn2)cc1C.[Ir]. The van der Waals surface area contributed by atoms with E-state index in [-0.39, 0.29) is 20.1 Å². The summed E-state index contributed by atoms with van der Waals surface area (Å²) in [5, 5.41) is 4.43. The van der Waals surface area contributed by atoms with E-state index < -0.39 is 0 Å². The van der Waals surface area contributed by atoms with Crippen LogP contribution >= 0.6 is 0 Å². The molecule has 0 fully saturated rings. The minimum atomic E-state index is 0. The second-order valence-corrected chi connectivity index (χ2v) is 12.6. The summed E-state index contributed by atoms with van der Waals surface area (Å²) in [6, 6.07) is 34.7. The van der Waals surface area contributed by atoms with E-state index in [2.05, 4.69) is 123 Å². The van der Waals surface area contributed by atoms with E-state index in [1.165, 1.54) is 44.2 Å². The van der Waals surface area contributed by atoms with Crippen molar-refractivity contribution in [3.63, 3.8) is 0 Å². The number of pyridine rings is 3. The van der Waals surface area contributed by atoms with E-state index >= 15 is 0 Å². The summed E-state index contributed by atoms with van der Waals surface area (Å²) in [6.45, 7) is 12.6. The topological polar surface area (TPSA) is 51.8 Å². The Morgan fingerprint density at radius 1 is 0.673 bits per heavy atom. The Balaban J connectivity index is 0.000000208. The van der Waals surface area contributed by atoms with Crippen LogP contribution in [0.3, 0.4) is 0 Å². The molecule has 8 aromatic rings. The third kappa shape index (κ3) is 6.96. The molecule has 49 heavy (non-hydrogen) atoms. The molecule has 4 aromatic carbocycles. The molecule has 0 amide bonds. The van der Waals surface area contributed by atoms with Gasteiger partial charge in [0.2, 0.25) is 0 Å². The van der Waals surface area contributed by atoms with E-state index in [1.54, 1.807) is 6.26 Å². The molecule has 4 nitrogen and oxygen atoms in total. The molecule has 0 saturated carbocycles. The molecule has 0 unspecified atom stereocenters. The molecule has 245 valence electrons. The van der Waals surface area contributed by atoms with Crippen molar-refractivity contribution in [2.24, 2.45) is 0 Å². The Bertz CT molecular complexity index is 2410. The minimum Gasteiger partial charge on any atom is -0.506 e. The quantitative estimate of drug-likeness (QED) is 0.166. The molecule has 5 heteroatoms. The van der Waals surface area contributed by atoms with Crippen LogP contribution in [0.2, 0.25) is 0 Å². The molecule has 4 heterocycles. The fraction of sp³-hybridized carbons (Fsp3) is 0.159. The third-order valence-corrected chi connectivity index (χ3v) is 9.17. The number of furan rings is 1. The van der Waals surface area contributed by atoms with Crippen LogP contribution in [0.5, 0.6) is 0 Å². The number of rotatable bonds is 4. The van der Waals surface area contributed by atoms with Gasteiger partial charge in [-0.05, 0) is 83.6 Å². The Morgan fingerprint density at radius 2 is 1.45 bits per heavy atom. The molecule has 4 aromatic heterocycles. The number of benzene rings is 4. The minimum absolute atomic E-state index is 0. The first-order valence-corrected chi connectivity index (χ1v) is 16.4. The van der Waals surface area contributed by atoms with Gasteiger partial charge in [-0.25, -0.2) is 0 Å². The molecule has 0 aliphatic rings. The zero-order chi connectivity index (χ0) is 33.4. The summed E-state index contributed by atoms with van der Waals surface area (Å²) in [4.78, 5) is 13.8. The average molecular weight is 816 g/mol. The number of hydrogen-bond donors (Lipinski definition) is 0. The molecule has 0 aliphatic heterocycles.